The highest BCUT2D eigenvalue weighted by Crippen LogP contribution is 2.23. The van der Waals surface area contributed by atoms with Crippen molar-refractivity contribution < 1.29 is 14.3 Å². The molecule has 2 atom stereocenters. The molecule has 0 spiro atoms. The molecule has 1 fully saturated rings. The van der Waals surface area contributed by atoms with E-state index in [1.807, 2.05) is 18.2 Å². The van der Waals surface area contributed by atoms with E-state index in [2.05, 4.69) is 17.6 Å². The molecular formula is C22H26N2O3. The zero-order chi connectivity index (χ0) is 19.1. The molecule has 5 nitrogen and oxygen atoms in total. The number of anilines is 1. The smallest absolute Gasteiger partial charge is 0.258 e. The summed E-state index contributed by atoms with van der Waals surface area (Å²) in [5, 5.41) is 5.91. The number of rotatable bonds is 6. The molecule has 1 aliphatic rings. The second-order valence-electron chi connectivity index (χ2n) is 7.07. The summed E-state index contributed by atoms with van der Waals surface area (Å²) in [7, 11) is 0. The Morgan fingerprint density at radius 2 is 1.70 bits per heavy atom. The van der Waals surface area contributed by atoms with Gasteiger partial charge < -0.3 is 15.4 Å². The van der Waals surface area contributed by atoms with Gasteiger partial charge in [-0.15, -0.1) is 0 Å². The summed E-state index contributed by atoms with van der Waals surface area (Å²) >= 11 is 0. The first kappa shape index (κ1) is 19.0. The van der Waals surface area contributed by atoms with Gasteiger partial charge in [0.05, 0.1) is 0 Å². The second-order valence-corrected chi connectivity index (χ2v) is 7.07. The van der Waals surface area contributed by atoms with E-state index in [1.54, 1.807) is 36.4 Å². The van der Waals surface area contributed by atoms with Crippen LogP contribution < -0.4 is 15.4 Å². The molecule has 0 radical (unpaired) electrons. The lowest BCUT2D eigenvalue weighted by Crippen LogP contribution is -2.43. The zero-order valence-corrected chi connectivity index (χ0v) is 15.6. The molecule has 1 aliphatic carbocycles. The fraction of sp³-hybridized carbons (Fsp3) is 0.364. The summed E-state index contributed by atoms with van der Waals surface area (Å²) < 4.78 is 5.56. The largest absolute Gasteiger partial charge is 0.484 e. The molecule has 2 N–H and O–H groups in total. The van der Waals surface area contributed by atoms with Crippen molar-refractivity contribution in [3.8, 4) is 5.75 Å². The zero-order valence-electron chi connectivity index (χ0n) is 15.6. The predicted molar refractivity (Wildman–Crippen MR) is 106 cm³/mol. The van der Waals surface area contributed by atoms with Crippen LogP contribution in [-0.2, 0) is 4.79 Å². The molecule has 27 heavy (non-hydrogen) atoms. The van der Waals surface area contributed by atoms with Crippen LogP contribution in [0.4, 0.5) is 5.69 Å². The molecule has 2 amide bonds. The maximum absolute atomic E-state index is 12.1. The van der Waals surface area contributed by atoms with Crippen LogP contribution in [0.15, 0.2) is 54.6 Å². The van der Waals surface area contributed by atoms with Crippen LogP contribution in [0.3, 0.4) is 0 Å². The molecule has 2 aromatic rings. The van der Waals surface area contributed by atoms with Crippen molar-refractivity contribution in [2.75, 3.05) is 11.9 Å². The van der Waals surface area contributed by atoms with Gasteiger partial charge >= 0.3 is 0 Å². The number of hydrogen-bond donors (Lipinski definition) is 2. The first-order chi connectivity index (χ1) is 13.1. The van der Waals surface area contributed by atoms with Crippen molar-refractivity contribution in [1.82, 2.24) is 5.32 Å². The van der Waals surface area contributed by atoms with E-state index < -0.39 is 0 Å². The standard InChI is InChI=1S/C22H26N2O3/c1-16-7-5-6-10-20(16)24-21(25)15-27-19-13-11-18(12-14-19)23-22(26)17-8-3-2-4-9-17/h2-4,8-9,11-14,16,20H,5-7,10,15H2,1H3,(H,23,26)(H,24,25)/t16-,20-/m0/s1. The molecule has 3 rings (SSSR count). The third-order valence-electron chi connectivity index (χ3n) is 4.98. The molecular weight excluding hydrogens is 340 g/mol. The van der Waals surface area contributed by atoms with Crippen LogP contribution >= 0.6 is 0 Å². The average Bonchev–Trinajstić information content (AvgIpc) is 2.70. The van der Waals surface area contributed by atoms with Crippen molar-refractivity contribution >= 4 is 17.5 Å². The van der Waals surface area contributed by atoms with E-state index in [0.29, 0.717) is 22.9 Å². The second kappa shape index (κ2) is 9.21. The lowest BCUT2D eigenvalue weighted by atomic mass is 9.86. The van der Waals surface area contributed by atoms with Gasteiger partial charge in [-0.3, -0.25) is 9.59 Å². The van der Waals surface area contributed by atoms with Crippen LogP contribution in [0.2, 0.25) is 0 Å². The minimum Gasteiger partial charge on any atom is -0.484 e. The maximum atomic E-state index is 12.1. The van der Waals surface area contributed by atoms with Crippen molar-refractivity contribution in [2.45, 2.75) is 38.6 Å². The summed E-state index contributed by atoms with van der Waals surface area (Å²) in [5.74, 6) is 0.871. The normalized spacial score (nSPS) is 19.1. The highest BCUT2D eigenvalue weighted by molar-refractivity contribution is 6.04. The summed E-state index contributed by atoms with van der Waals surface area (Å²) in [6, 6.07) is 16.3. The quantitative estimate of drug-likeness (QED) is 0.812. The molecule has 0 aromatic heterocycles. The van der Waals surface area contributed by atoms with Gasteiger partial charge in [-0.1, -0.05) is 38.0 Å². The Bertz CT molecular complexity index is 759. The van der Waals surface area contributed by atoms with Crippen LogP contribution in [-0.4, -0.2) is 24.5 Å². The van der Waals surface area contributed by atoms with E-state index >= 15 is 0 Å². The molecule has 2 aromatic carbocycles. The molecule has 0 saturated heterocycles. The average molecular weight is 366 g/mol. The van der Waals surface area contributed by atoms with Gasteiger partial charge in [-0.05, 0) is 55.2 Å². The Morgan fingerprint density at radius 1 is 1.00 bits per heavy atom. The predicted octanol–water partition coefficient (Wildman–Crippen LogP) is 4.01. The van der Waals surface area contributed by atoms with E-state index in [-0.39, 0.29) is 24.5 Å². The minimum atomic E-state index is -0.162. The van der Waals surface area contributed by atoms with Crippen LogP contribution in [0.25, 0.3) is 0 Å². The van der Waals surface area contributed by atoms with E-state index in [4.69, 9.17) is 4.74 Å². The first-order valence-corrected chi connectivity index (χ1v) is 9.50. The minimum absolute atomic E-state index is 0.00105. The van der Waals surface area contributed by atoms with Crippen molar-refractivity contribution in [3.05, 3.63) is 60.2 Å². The first-order valence-electron chi connectivity index (χ1n) is 9.50. The molecule has 0 aliphatic heterocycles. The van der Waals surface area contributed by atoms with E-state index in [9.17, 15) is 9.59 Å². The number of nitrogens with one attached hydrogen (secondary N) is 2. The fourth-order valence-electron chi connectivity index (χ4n) is 3.36. The summed E-state index contributed by atoms with van der Waals surface area (Å²) in [6.07, 6.45) is 4.63. The highest BCUT2D eigenvalue weighted by Gasteiger charge is 2.22. The van der Waals surface area contributed by atoms with Gasteiger partial charge in [0.1, 0.15) is 5.75 Å². The van der Waals surface area contributed by atoms with Gasteiger partial charge in [0, 0.05) is 17.3 Å². The van der Waals surface area contributed by atoms with Gasteiger partial charge in [-0.25, -0.2) is 0 Å². The Labute approximate surface area is 160 Å². The molecule has 5 heteroatoms. The fourth-order valence-corrected chi connectivity index (χ4v) is 3.36. The molecule has 142 valence electrons. The molecule has 0 heterocycles. The summed E-state index contributed by atoms with van der Waals surface area (Å²) in [5.41, 5.74) is 1.28. The SMILES string of the molecule is C[C@H]1CCCC[C@@H]1NC(=O)COc1ccc(NC(=O)c2ccccc2)cc1. The number of carbonyl (C=O) groups excluding carboxylic acids is 2. The van der Waals surface area contributed by atoms with E-state index in [1.165, 1.54) is 19.3 Å². The number of benzene rings is 2. The van der Waals surface area contributed by atoms with Crippen LogP contribution in [0, 0.1) is 5.92 Å². The van der Waals surface area contributed by atoms with Crippen molar-refractivity contribution in [3.63, 3.8) is 0 Å². The molecule has 0 bridgehead atoms. The monoisotopic (exact) mass is 366 g/mol. The van der Waals surface area contributed by atoms with Gasteiger partial charge in [0.2, 0.25) is 0 Å². The van der Waals surface area contributed by atoms with Crippen molar-refractivity contribution in [2.24, 2.45) is 5.92 Å². The number of ether oxygens (including phenoxy) is 1. The number of hydrogen-bond acceptors (Lipinski definition) is 3. The maximum Gasteiger partial charge on any atom is 0.258 e. The van der Waals surface area contributed by atoms with Gasteiger partial charge in [-0.2, -0.15) is 0 Å². The Hall–Kier alpha value is -2.82. The summed E-state index contributed by atoms with van der Waals surface area (Å²) in [6.45, 7) is 2.19. The lowest BCUT2D eigenvalue weighted by Gasteiger charge is -2.29. The Balaban J connectivity index is 1.46. The highest BCUT2D eigenvalue weighted by atomic mass is 16.5. The van der Waals surface area contributed by atoms with E-state index in [0.717, 1.165) is 6.42 Å². The van der Waals surface area contributed by atoms with Gasteiger partial charge in [0.15, 0.2) is 6.61 Å². The van der Waals surface area contributed by atoms with Crippen LogP contribution in [0.5, 0.6) is 5.75 Å². The number of carbonyl (C=O) groups is 2. The number of amides is 2. The molecule has 1 saturated carbocycles. The lowest BCUT2D eigenvalue weighted by molar-refractivity contribution is -0.124. The van der Waals surface area contributed by atoms with Crippen LogP contribution in [0.1, 0.15) is 43.0 Å². The Kier molecular flexibility index (Phi) is 6.47. The van der Waals surface area contributed by atoms with Gasteiger partial charge in [0.25, 0.3) is 11.8 Å². The third-order valence-corrected chi connectivity index (χ3v) is 4.98. The molecule has 0 unspecified atom stereocenters. The topological polar surface area (TPSA) is 67.4 Å². The Morgan fingerprint density at radius 3 is 2.41 bits per heavy atom. The summed E-state index contributed by atoms with van der Waals surface area (Å²) in [4.78, 5) is 24.2. The third kappa shape index (κ3) is 5.58. The van der Waals surface area contributed by atoms with Crippen molar-refractivity contribution in [1.29, 1.82) is 0 Å².